The highest BCUT2D eigenvalue weighted by Crippen LogP contribution is 2.39. The number of amides is 1. The first-order chi connectivity index (χ1) is 13.6. The number of nitrogens with zero attached hydrogens (tertiary/aromatic N) is 4. The van der Waals surface area contributed by atoms with Crippen LogP contribution in [0.25, 0.3) is 0 Å². The van der Waals surface area contributed by atoms with Gasteiger partial charge in [0.2, 0.25) is 5.91 Å². The summed E-state index contributed by atoms with van der Waals surface area (Å²) in [4.78, 5) is 22.4. The van der Waals surface area contributed by atoms with Gasteiger partial charge in [0.1, 0.15) is 0 Å². The van der Waals surface area contributed by atoms with E-state index in [1.807, 2.05) is 0 Å². The van der Waals surface area contributed by atoms with Crippen molar-refractivity contribution in [1.29, 1.82) is 0 Å². The number of halogens is 3. The number of rotatable bonds is 7. The predicted molar refractivity (Wildman–Crippen MR) is 109 cm³/mol. The van der Waals surface area contributed by atoms with Gasteiger partial charge in [-0.3, -0.25) is 14.7 Å². The average Bonchev–Trinajstić information content (AvgIpc) is 3.30. The summed E-state index contributed by atoms with van der Waals surface area (Å²) < 4.78 is 38.2. The molecule has 0 aromatic carbocycles. The maximum Gasteiger partial charge on any atom is 0.401 e. The maximum absolute atomic E-state index is 12.7. The molecule has 9 heteroatoms. The van der Waals surface area contributed by atoms with Crippen LogP contribution in [0.3, 0.4) is 0 Å². The van der Waals surface area contributed by atoms with E-state index in [1.54, 1.807) is 33.0 Å². The lowest BCUT2D eigenvalue weighted by Gasteiger charge is -2.33. The van der Waals surface area contributed by atoms with Crippen molar-refractivity contribution < 1.29 is 18.0 Å². The molecule has 1 amide bonds. The van der Waals surface area contributed by atoms with Crippen LogP contribution in [0.5, 0.6) is 0 Å². The molecule has 1 N–H and O–H groups in total. The highest BCUT2D eigenvalue weighted by molar-refractivity contribution is 5.85. The number of likely N-dealkylation sites (tertiary alicyclic amines) is 1. The molecule has 0 radical (unpaired) electrons. The minimum Gasteiger partial charge on any atom is -0.355 e. The molecule has 2 fully saturated rings. The number of alkyl halides is 3. The molecular weight excluding hydrogens is 383 g/mol. The third kappa shape index (κ3) is 6.49. The largest absolute Gasteiger partial charge is 0.401 e. The van der Waals surface area contributed by atoms with Crippen molar-refractivity contribution in [2.24, 2.45) is 16.3 Å². The molecule has 1 unspecified atom stereocenters. The number of hydrogen-bond acceptors (Lipinski definition) is 3. The molecule has 1 aliphatic carbocycles. The summed E-state index contributed by atoms with van der Waals surface area (Å²) in [7, 11) is 5.30. The molecule has 0 aromatic rings. The van der Waals surface area contributed by atoms with Crippen LogP contribution in [0.4, 0.5) is 13.2 Å². The zero-order chi connectivity index (χ0) is 21.7. The summed E-state index contributed by atoms with van der Waals surface area (Å²) in [6.45, 7) is 3.73. The topological polar surface area (TPSA) is 51.2 Å². The van der Waals surface area contributed by atoms with Crippen LogP contribution >= 0.6 is 0 Å². The highest BCUT2D eigenvalue weighted by Gasteiger charge is 2.42. The fourth-order valence-electron chi connectivity index (χ4n) is 4.67. The fraction of sp³-hybridized carbons (Fsp3) is 0.900. The molecule has 2 rings (SSSR count). The Morgan fingerprint density at radius 3 is 2.45 bits per heavy atom. The first kappa shape index (κ1) is 23.8. The highest BCUT2D eigenvalue weighted by atomic mass is 19.4. The lowest BCUT2D eigenvalue weighted by atomic mass is 9.84. The third-order valence-corrected chi connectivity index (χ3v) is 6.17. The van der Waals surface area contributed by atoms with Gasteiger partial charge in [0, 0.05) is 47.3 Å². The van der Waals surface area contributed by atoms with Crippen molar-refractivity contribution >= 4 is 11.9 Å². The average molecular weight is 420 g/mol. The predicted octanol–water partition coefficient (Wildman–Crippen LogP) is 2.42. The fourth-order valence-corrected chi connectivity index (χ4v) is 4.67. The van der Waals surface area contributed by atoms with Crippen LogP contribution < -0.4 is 5.32 Å². The van der Waals surface area contributed by atoms with Crippen molar-refractivity contribution in [3.8, 4) is 0 Å². The van der Waals surface area contributed by atoms with Gasteiger partial charge in [-0.25, -0.2) is 0 Å². The monoisotopic (exact) mass is 419 g/mol. The van der Waals surface area contributed by atoms with Gasteiger partial charge in [0.05, 0.1) is 12.0 Å². The summed E-state index contributed by atoms with van der Waals surface area (Å²) in [6, 6.07) is 0. The molecule has 1 heterocycles. The van der Waals surface area contributed by atoms with Crippen molar-refractivity contribution in [3.05, 3.63) is 0 Å². The smallest absolute Gasteiger partial charge is 0.355 e. The summed E-state index contributed by atoms with van der Waals surface area (Å²) >= 11 is 0. The number of guanidine groups is 1. The van der Waals surface area contributed by atoms with Crippen LogP contribution in [-0.2, 0) is 4.79 Å². The molecular formula is C20H36F3N5O. The van der Waals surface area contributed by atoms with Crippen LogP contribution in [0.15, 0.2) is 4.99 Å². The van der Waals surface area contributed by atoms with Gasteiger partial charge in [-0.05, 0) is 31.7 Å². The van der Waals surface area contributed by atoms with Gasteiger partial charge in [-0.15, -0.1) is 0 Å². The Bertz CT molecular complexity index is 573. The molecule has 0 bridgehead atoms. The Kier molecular flexibility index (Phi) is 8.19. The Balaban J connectivity index is 1.92. The second-order valence-electron chi connectivity index (χ2n) is 8.63. The van der Waals surface area contributed by atoms with Crippen molar-refractivity contribution in [2.75, 3.05) is 60.4 Å². The molecule has 0 spiro atoms. The van der Waals surface area contributed by atoms with Crippen LogP contribution in [0.2, 0.25) is 0 Å². The summed E-state index contributed by atoms with van der Waals surface area (Å²) in [6.07, 6.45) is 0.534. The minimum atomic E-state index is -4.17. The first-order valence-corrected chi connectivity index (χ1v) is 10.6. The van der Waals surface area contributed by atoms with Gasteiger partial charge in [-0.2, -0.15) is 13.2 Å². The number of carbonyl (C=O) groups is 1. The van der Waals surface area contributed by atoms with E-state index in [1.165, 1.54) is 4.90 Å². The standard InChI is InChI=1S/C20H36F3N5O/c1-5-27(15-20(21,22)23)12-16-8-11-28(13-16)18(24-2)25-14-19(9-6-7-10-19)17(29)26(3)4/h16H,5-15H2,1-4H3,(H,24,25). The zero-order valence-electron chi connectivity index (χ0n) is 18.2. The molecule has 1 atom stereocenters. The third-order valence-electron chi connectivity index (χ3n) is 6.17. The van der Waals surface area contributed by atoms with Crippen LogP contribution in [0, 0.1) is 11.3 Å². The van der Waals surface area contributed by atoms with E-state index >= 15 is 0 Å². The van der Waals surface area contributed by atoms with Crippen molar-refractivity contribution in [1.82, 2.24) is 20.0 Å². The molecule has 1 saturated heterocycles. The second kappa shape index (κ2) is 10.00. The van der Waals surface area contributed by atoms with Crippen LogP contribution in [0.1, 0.15) is 39.0 Å². The van der Waals surface area contributed by atoms with E-state index in [-0.39, 0.29) is 17.2 Å². The lowest BCUT2D eigenvalue weighted by Crippen LogP contribution is -2.50. The number of nitrogens with one attached hydrogen (secondary N) is 1. The Morgan fingerprint density at radius 2 is 1.93 bits per heavy atom. The van der Waals surface area contributed by atoms with E-state index in [9.17, 15) is 18.0 Å². The second-order valence-corrected chi connectivity index (χ2v) is 8.63. The Labute approximate surface area is 172 Å². The summed E-state index contributed by atoms with van der Waals surface area (Å²) in [5.41, 5.74) is -0.385. The molecule has 1 aliphatic heterocycles. The van der Waals surface area contributed by atoms with Gasteiger partial charge in [0.25, 0.3) is 0 Å². The molecule has 2 aliphatic rings. The van der Waals surface area contributed by atoms with E-state index in [0.29, 0.717) is 26.2 Å². The van der Waals surface area contributed by atoms with E-state index in [4.69, 9.17) is 0 Å². The Hall–Kier alpha value is -1.51. The molecule has 29 heavy (non-hydrogen) atoms. The first-order valence-electron chi connectivity index (χ1n) is 10.6. The van der Waals surface area contributed by atoms with E-state index in [0.717, 1.165) is 44.6 Å². The quantitative estimate of drug-likeness (QED) is 0.509. The van der Waals surface area contributed by atoms with Crippen LogP contribution in [-0.4, -0.2) is 93.2 Å². The number of aliphatic imine (C=N–C) groups is 1. The van der Waals surface area contributed by atoms with Gasteiger partial charge in [0.15, 0.2) is 5.96 Å². The maximum atomic E-state index is 12.7. The summed E-state index contributed by atoms with van der Waals surface area (Å²) in [5.74, 6) is 1.08. The van der Waals surface area contributed by atoms with E-state index < -0.39 is 12.7 Å². The normalized spacial score (nSPS) is 22.4. The molecule has 0 aromatic heterocycles. The van der Waals surface area contributed by atoms with Gasteiger partial charge < -0.3 is 15.1 Å². The summed E-state index contributed by atoms with van der Waals surface area (Å²) in [5, 5.41) is 3.39. The SMILES string of the molecule is CCN(CC1CCN(C(=NC)NCC2(C(=O)N(C)C)CCCC2)C1)CC(F)(F)F. The van der Waals surface area contributed by atoms with Crippen molar-refractivity contribution in [2.45, 2.75) is 45.2 Å². The molecule has 168 valence electrons. The number of hydrogen-bond donors (Lipinski definition) is 1. The Morgan fingerprint density at radius 1 is 1.28 bits per heavy atom. The van der Waals surface area contributed by atoms with Crippen molar-refractivity contribution in [3.63, 3.8) is 0 Å². The molecule has 1 saturated carbocycles. The van der Waals surface area contributed by atoms with E-state index in [2.05, 4.69) is 15.2 Å². The lowest BCUT2D eigenvalue weighted by molar-refractivity contribution is -0.146. The zero-order valence-corrected chi connectivity index (χ0v) is 18.2. The minimum absolute atomic E-state index is 0.156. The van der Waals surface area contributed by atoms with Gasteiger partial charge in [-0.1, -0.05) is 19.8 Å². The van der Waals surface area contributed by atoms with Gasteiger partial charge >= 0.3 is 6.18 Å². The number of carbonyl (C=O) groups excluding carboxylic acids is 1. The molecule has 6 nitrogen and oxygen atoms in total.